The maximum Gasteiger partial charge on any atom is 0.0743 e. The first-order chi connectivity index (χ1) is 7.54. The van der Waals surface area contributed by atoms with Crippen molar-refractivity contribution in [3.63, 3.8) is 0 Å². The Hall–Kier alpha value is -0.150. The first-order valence-corrected chi connectivity index (χ1v) is 6.95. The normalized spacial score (nSPS) is 28.0. The lowest BCUT2D eigenvalue weighted by Gasteiger charge is -2.38. The molecule has 0 aliphatic heterocycles. The molecule has 3 unspecified atom stereocenters. The van der Waals surface area contributed by atoms with Crippen LogP contribution in [0.5, 0.6) is 0 Å². The molecule has 0 bridgehead atoms. The van der Waals surface area contributed by atoms with Crippen molar-refractivity contribution in [2.45, 2.75) is 64.5 Å². The highest BCUT2D eigenvalue weighted by molar-refractivity contribution is 7.80. The van der Waals surface area contributed by atoms with Gasteiger partial charge >= 0.3 is 0 Å². The minimum atomic E-state index is 0.535. The number of nitrogens with zero attached hydrogens (tertiary/aromatic N) is 1. The van der Waals surface area contributed by atoms with Gasteiger partial charge in [-0.3, -0.25) is 0 Å². The van der Waals surface area contributed by atoms with Gasteiger partial charge in [-0.25, -0.2) is 0 Å². The standard InChI is InChI=1S/C13H26N2S/c1-4-11(9-13(14)16)15(3)12-7-5-6-10(2)8-12/h10-12H,4-9H2,1-3H3,(H2,14,16). The zero-order valence-corrected chi connectivity index (χ0v) is 11.7. The van der Waals surface area contributed by atoms with E-state index in [0.717, 1.165) is 24.8 Å². The van der Waals surface area contributed by atoms with Gasteiger partial charge in [-0.2, -0.15) is 0 Å². The molecule has 1 aliphatic carbocycles. The quantitative estimate of drug-likeness (QED) is 0.752. The van der Waals surface area contributed by atoms with Gasteiger partial charge < -0.3 is 10.6 Å². The van der Waals surface area contributed by atoms with Gasteiger partial charge in [0, 0.05) is 18.5 Å². The third kappa shape index (κ3) is 4.02. The van der Waals surface area contributed by atoms with Crippen molar-refractivity contribution in [3.8, 4) is 0 Å². The molecule has 3 atom stereocenters. The topological polar surface area (TPSA) is 29.3 Å². The first kappa shape index (κ1) is 13.9. The molecule has 3 heteroatoms. The van der Waals surface area contributed by atoms with Crippen molar-refractivity contribution >= 4 is 17.2 Å². The SMILES string of the molecule is CCC(CC(N)=S)N(C)C1CCCC(C)C1. The molecule has 16 heavy (non-hydrogen) atoms. The van der Waals surface area contributed by atoms with Crippen molar-refractivity contribution in [1.82, 2.24) is 4.90 Å². The Balaban J connectivity index is 2.52. The Morgan fingerprint density at radius 1 is 1.50 bits per heavy atom. The molecular formula is C13H26N2S. The molecule has 0 aromatic carbocycles. The molecule has 1 fully saturated rings. The van der Waals surface area contributed by atoms with E-state index in [4.69, 9.17) is 18.0 Å². The van der Waals surface area contributed by atoms with Crippen LogP contribution in [0.1, 0.15) is 52.4 Å². The highest BCUT2D eigenvalue weighted by atomic mass is 32.1. The molecule has 1 aliphatic rings. The van der Waals surface area contributed by atoms with E-state index in [1.807, 2.05) is 0 Å². The molecule has 1 saturated carbocycles. The van der Waals surface area contributed by atoms with Crippen LogP contribution >= 0.6 is 12.2 Å². The fraction of sp³-hybridized carbons (Fsp3) is 0.923. The predicted molar refractivity (Wildman–Crippen MR) is 74.7 cm³/mol. The minimum Gasteiger partial charge on any atom is -0.393 e. The van der Waals surface area contributed by atoms with Crippen LogP contribution in [-0.2, 0) is 0 Å². The summed E-state index contributed by atoms with van der Waals surface area (Å²) in [7, 11) is 2.25. The van der Waals surface area contributed by atoms with Crippen LogP contribution in [0.15, 0.2) is 0 Å². The predicted octanol–water partition coefficient (Wildman–Crippen LogP) is 2.95. The largest absolute Gasteiger partial charge is 0.393 e. The number of hydrogen-bond acceptors (Lipinski definition) is 2. The van der Waals surface area contributed by atoms with Crippen LogP contribution in [-0.4, -0.2) is 29.0 Å². The third-order valence-corrected chi connectivity index (χ3v) is 4.14. The van der Waals surface area contributed by atoms with Crippen molar-refractivity contribution < 1.29 is 0 Å². The number of thiocarbonyl (C=S) groups is 1. The zero-order valence-electron chi connectivity index (χ0n) is 10.9. The van der Waals surface area contributed by atoms with E-state index in [-0.39, 0.29) is 0 Å². The fourth-order valence-electron chi connectivity index (χ4n) is 2.88. The van der Waals surface area contributed by atoms with Crippen molar-refractivity contribution in [2.24, 2.45) is 11.7 Å². The van der Waals surface area contributed by atoms with Crippen molar-refractivity contribution in [1.29, 1.82) is 0 Å². The van der Waals surface area contributed by atoms with Gasteiger partial charge in [0.1, 0.15) is 0 Å². The third-order valence-electron chi connectivity index (χ3n) is 3.97. The van der Waals surface area contributed by atoms with Gasteiger partial charge in [0.15, 0.2) is 0 Å². The maximum absolute atomic E-state index is 5.67. The molecular weight excluding hydrogens is 216 g/mol. The van der Waals surface area contributed by atoms with Gasteiger partial charge in [-0.15, -0.1) is 0 Å². The number of rotatable bonds is 5. The summed E-state index contributed by atoms with van der Waals surface area (Å²) in [6, 6.07) is 1.27. The molecule has 2 N–H and O–H groups in total. The first-order valence-electron chi connectivity index (χ1n) is 6.54. The summed E-state index contributed by atoms with van der Waals surface area (Å²) < 4.78 is 0. The summed E-state index contributed by atoms with van der Waals surface area (Å²) >= 11 is 5.03. The van der Waals surface area contributed by atoms with Crippen LogP contribution in [0, 0.1) is 5.92 Å². The van der Waals surface area contributed by atoms with Crippen molar-refractivity contribution in [3.05, 3.63) is 0 Å². The van der Waals surface area contributed by atoms with Crippen LogP contribution < -0.4 is 5.73 Å². The minimum absolute atomic E-state index is 0.535. The van der Waals surface area contributed by atoms with E-state index in [9.17, 15) is 0 Å². The molecule has 0 aromatic rings. The highest BCUT2D eigenvalue weighted by Crippen LogP contribution is 2.28. The second-order valence-corrected chi connectivity index (χ2v) is 5.85. The zero-order chi connectivity index (χ0) is 12.1. The molecule has 0 heterocycles. The summed E-state index contributed by atoms with van der Waals surface area (Å²) in [6.07, 6.45) is 7.46. The summed E-state index contributed by atoms with van der Waals surface area (Å²) in [5, 5.41) is 0. The van der Waals surface area contributed by atoms with Gasteiger partial charge in [-0.05, 0) is 32.2 Å². The Kier molecular flexibility index (Phi) is 5.70. The summed E-state index contributed by atoms with van der Waals surface area (Å²) in [5.41, 5.74) is 5.67. The second-order valence-electron chi connectivity index (χ2n) is 5.32. The van der Waals surface area contributed by atoms with E-state index in [0.29, 0.717) is 11.0 Å². The molecule has 94 valence electrons. The van der Waals surface area contributed by atoms with E-state index in [1.165, 1.54) is 25.7 Å². The van der Waals surface area contributed by atoms with Gasteiger partial charge in [0.05, 0.1) is 4.99 Å². The van der Waals surface area contributed by atoms with Crippen LogP contribution in [0.2, 0.25) is 0 Å². The Morgan fingerprint density at radius 3 is 2.69 bits per heavy atom. The van der Waals surface area contributed by atoms with Crippen LogP contribution in [0.4, 0.5) is 0 Å². The Bertz CT molecular complexity index is 230. The van der Waals surface area contributed by atoms with Crippen LogP contribution in [0.3, 0.4) is 0 Å². The average molecular weight is 242 g/mol. The Labute approximate surface area is 106 Å². The van der Waals surface area contributed by atoms with E-state index in [2.05, 4.69) is 25.8 Å². The number of nitrogens with two attached hydrogens (primary N) is 1. The summed E-state index contributed by atoms with van der Waals surface area (Å²) in [5.74, 6) is 0.878. The molecule has 2 nitrogen and oxygen atoms in total. The van der Waals surface area contributed by atoms with Gasteiger partial charge in [0.25, 0.3) is 0 Å². The fourth-order valence-corrected chi connectivity index (χ4v) is 3.07. The second kappa shape index (κ2) is 6.55. The molecule has 0 amide bonds. The lowest BCUT2D eigenvalue weighted by Crippen LogP contribution is -2.43. The van der Waals surface area contributed by atoms with E-state index in [1.54, 1.807) is 0 Å². The smallest absolute Gasteiger partial charge is 0.0743 e. The van der Waals surface area contributed by atoms with Gasteiger partial charge in [-0.1, -0.05) is 38.9 Å². The lowest BCUT2D eigenvalue weighted by atomic mass is 9.85. The lowest BCUT2D eigenvalue weighted by molar-refractivity contribution is 0.118. The Morgan fingerprint density at radius 2 is 2.19 bits per heavy atom. The maximum atomic E-state index is 5.67. The van der Waals surface area contributed by atoms with E-state index >= 15 is 0 Å². The molecule has 0 spiro atoms. The number of hydrogen-bond donors (Lipinski definition) is 1. The monoisotopic (exact) mass is 242 g/mol. The molecule has 0 saturated heterocycles. The van der Waals surface area contributed by atoms with Crippen molar-refractivity contribution in [2.75, 3.05) is 7.05 Å². The molecule has 0 aromatic heterocycles. The molecule has 1 rings (SSSR count). The summed E-state index contributed by atoms with van der Waals surface area (Å²) in [6.45, 7) is 4.60. The summed E-state index contributed by atoms with van der Waals surface area (Å²) in [4.78, 5) is 3.18. The van der Waals surface area contributed by atoms with Crippen LogP contribution in [0.25, 0.3) is 0 Å². The highest BCUT2D eigenvalue weighted by Gasteiger charge is 2.26. The van der Waals surface area contributed by atoms with E-state index < -0.39 is 0 Å². The average Bonchev–Trinajstić information content (AvgIpc) is 2.24. The molecule has 0 radical (unpaired) electrons. The van der Waals surface area contributed by atoms with Gasteiger partial charge in [0.2, 0.25) is 0 Å².